The van der Waals surface area contributed by atoms with Crippen LogP contribution in [0.3, 0.4) is 0 Å². The Morgan fingerprint density at radius 1 is 0.780 bits per heavy atom. The molecule has 1 fully saturated rings. The molecule has 0 N–H and O–H groups in total. The second-order valence-electron chi connectivity index (χ2n) is 9.97. The van der Waals surface area contributed by atoms with Gasteiger partial charge in [0.25, 0.3) is 5.91 Å². The van der Waals surface area contributed by atoms with Crippen molar-refractivity contribution in [1.29, 1.82) is 0 Å². The molecule has 1 saturated heterocycles. The third-order valence-corrected chi connectivity index (χ3v) is 7.91. The molecule has 0 radical (unpaired) electrons. The maximum atomic E-state index is 14.0. The largest absolute Gasteiger partial charge is 0.423 e. The van der Waals surface area contributed by atoms with Gasteiger partial charge in [-0.05, 0) is 110 Å². The van der Waals surface area contributed by atoms with Gasteiger partial charge in [0.1, 0.15) is 17.0 Å². The molecule has 0 aliphatic carbocycles. The molecule has 204 valence electrons. The highest BCUT2D eigenvalue weighted by Crippen LogP contribution is 2.41. The minimum atomic E-state index is -0.449. The van der Waals surface area contributed by atoms with Gasteiger partial charge in [0.05, 0.1) is 16.3 Å². The van der Waals surface area contributed by atoms with Crippen LogP contribution in [-0.4, -0.2) is 11.1 Å². The summed E-state index contributed by atoms with van der Waals surface area (Å²) in [5.74, 6) is -0.729. The first-order valence-corrected chi connectivity index (χ1v) is 13.6. The Labute approximate surface area is 237 Å². The first-order valence-electron chi connectivity index (χ1n) is 12.8. The smallest absolute Gasteiger partial charge is 0.336 e. The predicted molar refractivity (Wildman–Crippen MR) is 160 cm³/mol. The fourth-order valence-corrected chi connectivity index (χ4v) is 5.87. The second-order valence-corrected chi connectivity index (χ2v) is 11.0. The zero-order chi connectivity index (χ0) is 29.0. The minimum absolute atomic E-state index is 0.323. The Kier molecular flexibility index (Phi) is 6.46. The van der Waals surface area contributed by atoms with E-state index in [1.807, 2.05) is 39.8 Å². The molecule has 0 unspecified atom stereocenters. The van der Waals surface area contributed by atoms with Crippen molar-refractivity contribution in [3.8, 4) is 0 Å². The van der Waals surface area contributed by atoms with Crippen LogP contribution in [0.5, 0.6) is 0 Å². The van der Waals surface area contributed by atoms with E-state index in [4.69, 9.17) is 13.8 Å². The molecule has 0 bridgehead atoms. The number of fused-ring (bicyclic) bond motifs is 2. The standard InChI is InChI=1S/C32H23FN2O5S/c1-16-10-29(36)39-26-8-18(3)24(14-22(16)26)34-32-35(31(38)28(41-32)13-20-6-5-7-21(33)12-20)25-15-23-17(2)11-30(37)40-27(23)9-19(25)4/h5-15H,1-4H3/b28-13-,34-32?. The lowest BCUT2D eigenvalue weighted by Gasteiger charge is -2.19. The molecule has 0 saturated carbocycles. The number of anilines is 1. The normalized spacial score (nSPS) is 15.6. The summed E-state index contributed by atoms with van der Waals surface area (Å²) in [6.07, 6.45) is 1.64. The summed E-state index contributed by atoms with van der Waals surface area (Å²) in [5, 5.41) is 1.82. The molecule has 1 aliphatic heterocycles. The summed E-state index contributed by atoms with van der Waals surface area (Å²) < 4.78 is 24.7. The van der Waals surface area contributed by atoms with Crippen molar-refractivity contribution in [2.45, 2.75) is 27.7 Å². The van der Waals surface area contributed by atoms with Crippen LogP contribution in [0.15, 0.2) is 89.0 Å². The number of carbonyl (C=O) groups is 1. The Morgan fingerprint density at radius 2 is 1.41 bits per heavy atom. The van der Waals surface area contributed by atoms with E-state index < -0.39 is 17.1 Å². The number of aliphatic imine (C=N–C) groups is 1. The molecule has 0 spiro atoms. The first kappa shape index (κ1) is 26.5. The van der Waals surface area contributed by atoms with Crippen LogP contribution in [0.2, 0.25) is 0 Å². The van der Waals surface area contributed by atoms with Gasteiger partial charge in [0.2, 0.25) is 0 Å². The van der Waals surface area contributed by atoms with Gasteiger partial charge in [-0.2, -0.15) is 0 Å². The Balaban J connectivity index is 1.56. The number of hydrogen-bond donors (Lipinski definition) is 0. The second kappa shape index (κ2) is 10.0. The third kappa shape index (κ3) is 4.89. The van der Waals surface area contributed by atoms with Crippen molar-refractivity contribution in [2.75, 3.05) is 4.90 Å². The van der Waals surface area contributed by atoms with Crippen LogP contribution in [0, 0.1) is 33.5 Å². The van der Waals surface area contributed by atoms with Gasteiger partial charge in [0, 0.05) is 22.9 Å². The Bertz CT molecular complexity index is 2110. The van der Waals surface area contributed by atoms with Crippen LogP contribution in [0.4, 0.5) is 15.8 Å². The van der Waals surface area contributed by atoms with Crippen LogP contribution in [-0.2, 0) is 4.79 Å². The fourth-order valence-electron chi connectivity index (χ4n) is 4.88. The van der Waals surface area contributed by atoms with E-state index in [-0.39, 0.29) is 5.91 Å². The third-order valence-electron chi connectivity index (χ3n) is 6.95. The predicted octanol–water partition coefficient (Wildman–Crippen LogP) is 7.08. The summed E-state index contributed by atoms with van der Waals surface area (Å²) in [6.45, 7) is 7.31. The van der Waals surface area contributed by atoms with Gasteiger partial charge in [-0.3, -0.25) is 9.69 Å². The van der Waals surface area contributed by atoms with Crippen LogP contribution in [0.1, 0.15) is 27.8 Å². The molecule has 7 nitrogen and oxygen atoms in total. The maximum Gasteiger partial charge on any atom is 0.336 e. The van der Waals surface area contributed by atoms with Crippen molar-refractivity contribution in [2.24, 2.45) is 4.99 Å². The molecule has 3 heterocycles. The molecule has 2 aromatic heterocycles. The number of carbonyl (C=O) groups excluding carboxylic acids is 1. The van der Waals surface area contributed by atoms with Crippen LogP contribution in [0.25, 0.3) is 28.0 Å². The highest BCUT2D eigenvalue weighted by molar-refractivity contribution is 8.19. The van der Waals surface area contributed by atoms with E-state index in [0.29, 0.717) is 54.7 Å². The average molecular weight is 567 g/mol. The Morgan fingerprint density at radius 3 is 2.07 bits per heavy atom. The van der Waals surface area contributed by atoms with Gasteiger partial charge in [-0.15, -0.1) is 0 Å². The molecule has 3 aromatic carbocycles. The van der Waals surface area contributed by atoms with E-state index in [9.17, 15) is 18.8 Å². The number of hydrogen-bond acceptors (Lipinski definition) is 7. The molecule has 0 atom stereocenters. The lowest BCUT2D eigenvalue weighted by Crippen LogP contribution is -2.29. The van der Waals surface area contributed by atoms with E-state index in [1.165, 1.54) is 40.9 Å². The van der Waals surface area contributed by atoms with Crippen molar-refractivity contribution >= 4 is 62.2 Å². The monoisotopic (exact) mass is 566 g/mol. The topological polar surface area (TPSA) is 93.1 Å². The van der Waals surface area contributed by atoms with Gasteiger partial charge >= 0.3 is 11.3 Å². The Hall–Kier alpha value is -4.76. The number of amides is 1. The maximum absolute atomic E-state index is 14.0. The number of aryl methyl sites for hydroxylation is 4. The molecule has 9 heteroatoms. The first-order chi connectivity index (χ1) is 19.6. The van der Waals surface area contributed by atoms with Gasteiger partial charge in [-0.25, -0.2) is 19.0 Å². The molecular weight excluding hydrogens is 543 g/mol. The number of thioether (sulfide) groups is 1. The number of nitrogens with zero attached hydrogens (tertiary/aromatic N) is 2. The summed E-state index contributed by atoms with van der Waals surface area (Å²) >= 11 is 1.18. The van der Waals surface area contributed by atoms with Crippen molar-refractivity contribution in [3.05, 3.63) is 120 Å². The number of halogens is 1. The SMILES string of the molecule is Cc1cc2oc(=O)cc(C)c2cc1N=C1S/C(=C\c2cccc(F)c2)C(=O)N1c1cc2c(C)cc(=O)oc2cc1C. The lowest BCUT2D eigenvalue weighted by molar-refractivity contribution is -0.113. The van der Waals surface area contributed by atoms with Gasteiger partial charge < -0.3 is 8.83 Å². The van der Waals surface area contributed by atoms with E-state index in [2.05, 4.69) is 0 Å². The summed E-state index contributed by atoms with van der Waals surface area (Å²) in [4.78, 5) is 44.6. The molecule has 41 heavy (non-hydrogen) atoms. The lowest BCUT2D eigenvalue weighted by atomic mass is 10.1. The van der Waals surface area contributed by atoms with E-state index in [1.54, 1.807) is 30.3 Å². The molecule has 6 rings (SSSR count). The minimum Gasteiger partial charge on any atom is -0.423 e. The van der Waals surface area contributed by atoms with E-state index in [0.717, 1.165) is 16.5 Å². The summed E-state index contributed by atoms with van der Waals surface area (Å²) in [7, 11) is 0. The molecular formula is C32H23FN2O5S. The number of amidine groups is 1. The zero-order valence-electron chi connectivity index (χ0n) is 22.6. The van der Waals surface area contributed by atoms with Crippen LogP contribution >= 0.6 is 11.8 Å². The summed E-state index contributed by atoms with van der Waals surface area (Å²) in [6, 6.07) is 16.0. The number of benzene rings is 3. The van der Waals surface area contributed by atoms with Crippen molar-refractivity contribution < 1.29 is 18.0 Å². The zero-order valence-corrected chi connectivity index (χ0v) is 23.4. The van der Waals surface area contributed by atoms with Gasteiger partial charge in [0.15, 0.2) is 5.17 Å². The fraction of sp³-hybridized carbons (Fsp3) is 0.125. The van der Waals surface area contributed by atoms with Crippen molar-refractivity contribution in [1.82, 2.24) is 0 Å². The average Bonchev–Trinajstić information content (AvgIpc) is 3.18. The highest BCUT2D eigenvalue weighted by Gasteiger charge is 2.36. The molecule has 1 amide bonds. The van der Waals surface area contributed by atoms with Crippen molar-refractivity contribution in [3.63, 3.8) is 0 Å². The van der Waals surface area contributed by atoms with Gasteiger partial charge in [-0.1, -0.05) is 12.1 Å². The quantitative estimate of drug-likeness (QED) is 0.171. The van der Waals surface area contributed by atoms with E-state index >= 15 is 0 Å². The number of rotatable bonds is 3. The van der Waals surface area contributed by atoms with Crippen LogP contribution < -0.4 is 16.2 Å². The molecule has 5 aromatic rings. The summed E-state index contributed by atoms with van der Waals surface area (Å²) in [5.41, 5.74) is 4.64. The highest BCUT2D eigenvalue weighted by atomic mass is 32.2. The molecule has 1 aliphatic rings.